The summed E-state index contributed by atoms with van der Waals surface area (Å²) in [6.07, 6.45) is 9.53. The van der Waals surface area contributed by atoms with Gasteiger partial charge in [0.2, 0.25) is 0 Å². The zero-order chi connectivity index (χ0) is 35.1. The number of ether oxygens (including phenoxy) is 3. The molecule has 0 N–H and O–H groups in total. The fourth-order valence-electron chi connectivity index (χ4n) is 4.95. The Labute approximate surface area is 292 Å². The molecule has 0 saturated carbocycles. The van der Waals surface area contributed by atoms with Gasteiger partial charge in [-0.1, -0.05) is 46.0 Å². The molecule has 0 fully saturated rings. The highest BCUT2D eigenvalue weighted by Gasteiger charge is 2.08. The summed E-state index contributed by atoms with van der Waals surface area (Å²) in [5, 5.41) is 17.6. The Morgan fingerprint density at radius 2 is 1.18 bits per heavy atom. The number of nitrogens with zero attached hydrogens (tertiary/aromatic N) is 5. The van der Waals surface area contributed by atoms with Crippen LogP contribution in [0.3, 0.4) is 0 Å². The second-order valence-corrected chi connectivity index (χ2v) is 11.8. The van der Waals surface area contributed by atoms with E-state index in [2.05, 4.69) is 38.3 Å². The summed E-state index contributed by atoms with van der Waals surface area (Å²) < 4.78 is 16.3. The minimum absolute atomic E-state index is 0.0787. The van der Waals surface area contributed by atoms with Crippen LogP contribution >= 0.6 is 0 Å². The van der Waals surface area contributed by atoms with Crippen LogP contribution in [0.2, 0.25) is 0 Å². The predicted octanol–water partition coefficient (Wildman–Crippen LogP) is 11.1. The van der Waals surface area contributed by atoms with Crippen LogP contribution in [0.1, 0.15) is 90.5 Å². The van der Waals surface area contributed by atoms with Crippen LogP contribution in [0.5, 0.6) is 5.75 Å². The van der Waals surface area contributed by atoms with Gasteiger partial charge < -0.3 is 19.1 Å². The summed E-state index contributed by atoms with van der Waals surface area (Å²) in [4.78, 5) is 24.9. The number of carbonyl (C=O) groups is 2. The van der Waals surface area contributed by atoms with Crippen molar-refractivity contribution in [3.8, 4) is 5.75 Å². The van der Waals surface area contributed by atoms with Gasteiger partial charge in [0.1, 0.15) is 12.4 Å². The van der Waals surface area contributed by atoms with Gasteiger partial charge in [-0.25, -0.2) is 0 Å². The molecule has 0 aromatic heterocycles. The lowest BCUT2D eigenvalue weighted by molar-refractivity contribution is -0.144. The standard InChI is InChI=1S/C39H53N5O5/c1-5-15-39(46)48-28-14-12-10-8-9-11-13-27-47-36-23-20-34(21-24-36)41-40-32-16-18-33(19-17-32)42-43-37-25-22-35(30-31(37)4)44(7-3)26-29-49-38(45)6-2/h16-25,30H,5-15,26-29H2,1-4H3. The molecular weight excluding hydrogens is 618 g/mol. The van der Waals surface area contributed by atoms with E-state index >= 15 is 0 Å². The van der Waals surface area contributed by atoms with Crippen molar-refractivity contribution in [1.82, 2.24) is 0 Å². The first-order chi connectivity index (χ1) is 23.9. The first kappa shape index (κ1) is 38.8. The van der Waals surface area contributed by atoms with E-state index in [1.165, 1.54) is 19.3 Å². The number of azo groups is 2. The molecule has 0 spiro atoms. The Balaban J connectivity index is 1.34. The highest BCUT2D eigenvalue weighted by molar-refractivity contribution is 5.69. The minimum atomic E-state index is -0.183. The van der Waals surface area contributed by atoms with Crippen molar-refractivity contribution in [2.45, 2.75) is 91.9 Å². The molecule has 10 nitrogen and oxygen atoms in total. The highest BCUT2D eigenvalue weighted by Crippen LogP contribution is 2.28. The first-order valence-electron chi connectivity index (χ1n) is 17.7. The average Bonchev–Trinajstić information content (AvgIpc) is 3.12. The Morgan fingerprint density at radius 3 is 1.76 bits per heavy atom. The number of rotatable bonds is 23. The normalized spacial score (nSPS) is 11.3. The lowest BCUT2D eigenvalue weighted by atomic mass is 10.1. The lowest BCUT2D eigenvalue weighted by Crippen LogP contribution is -2.27. The molecule has 264 valence electrons. The molecule has 0 amide bonds. The predicted molar refractivity (Wildman–Crippen MR) is 195 cm³/mol. The number of likely N-dealkylation sites (N-methyl/N-ethyl adjacent to an activating group) is 1. The number of aryl methyl sites for hydroxylation is 1. The van der Waals surface area contributed by atoms with Gasteiger partial charge in [0, 0.05) is 25.1 Å². The van der Waals surface area contributed by atoms with Crippen molar-refractivity contribution in [3.63, 3.8) is 0 Å². The molecule has 0 heterocycles. The van der Waals surface area contributed by atoms with Gasteiger partial charge >= 0.3 is 11.9 Å². The molecular formula is C39H53N5O5. The molecule has 10 heteroatoms. The van der Waals surface area contributed by atoms with E-state index in [9.17, 15) is 9.59 Å². The van der Waals surface area contributed by atoms with Crippen molar-refractivity contribution in [2.24, 2.45) is 20.5 Å². The van der Waals surface area contributed by atoms with Crippen LogP contribution in [0, 0.1) is 6.92 Å². The van der Waals surface area contributed by atoms with Gasteiger partial charge in [0.25, 0.3) is 0 Å². The van der Waals surface area contributed by atoms with Gasteiger partial charge in [-0.3, -0.25) is 9.59 Å². The summed E-state index contributed by atoms with van der Waals surface area (Å²) in [6.45, 7) is 10.9. The van der Waals surface area contributed by atoms with Crippen LogP contribution in [0.4, 0.5) is 28.4 Å². The van der Waals surface area contributed by atoms with E-state index in [0.29, 0.717) is 39.2 Å². The van der Waals surface area contributed by atoms with E-state index in [1.807, 2.05) is 74.5 Å². The van der Waals surface area contributed by atoms with Crippen LogP contribution in [0.15, 0.2) is 87.2 Å². The topological polar surface area (TPSA) is 115 Å². The van der Waals surface area contributed by atoms with Crippen molar-refractivity contribution in [1.29, 1.82) is 0 Å². The van der Waals surface area contributed by atoms with Crippen molar-refractivity contribution in [2.75, 3.05) is 37.8 Å². The number of unbranched alkanes of at least 4 members (excludes halogenated alkanes) is 6. The van der Waals surface area contributed by atoms with Crippen molar-refractivity contribution >= 4 is 40.4 Å². The molecule has 0 radical (unpaired) electrons. The molecule has 0 bridgehead atoms. The molecule has 0 aliphatic heterocycles. The zero-order valence-electron chi connectivity index (χ0n) is 29.7. The van der Waals surface area contributed by atoms with Crippen LogP contribution in [0.25, 0.3) is 0 Å². The van der Waals surface area contributed by atoms with Gasteiger partial charge in [-0.15, -0.1) is 0 Å². The number of hydrogen-bond acceptors (Lipinski definition) is 10. The highest BCUT2D eigenvalue weighted by atomic mass is 16.5. The third kappa shape index (κ3) is 15.4. The Morgan fingerprint density at radius 1 is 0.633 bits per heavy atom. The summed E-state index contributed by atoms with van der Waals surface area (Å²) in [7, 11) is 0. The quantitative estimate of drug-likeness (QED) is 0.0563. The second-order valence-electron chi connectivity index (χ2n) is 11.8. The summed E-state index contributed by atoms with van der Waals surface area (Å²) in [5.74, 6) is 0.566. The third-order valence-electron chi connectivity index (χ3n) is 7.86. The van der Waals surface area contributed by atoms with Crippen molar-refractivity contribution < 1.29 is 23.8 Å². The molecule has 0 saturated heterocycles. The van der Waals surface area contributed by atoms with Gasteiger partial charge in [-0.2, -0.15) is 20.5 Å². The van der Waals surface area contributed by atoms with Crippen LogP contribution in [-0.4, -0.2) is 44.8 Å². The van der Waals surface area contributed by atoms with Gasteiger partial charge in [0.15, 0.2) is 0 Å². The maximum absolute atomic E-state index is 11.4. The van der Waals surface area contributed by atoms with Crippen molar-refractivity contribution in [3.05, 3.63) is 72.3 Å². The Kier molecular flexibility index (Phi) is 18.1. The lowest BCUT2D eigenvalue weighted by Gasteiger charge is -2.23. The number of hydrogen-bond donors (Lipinski definition) is 0. The molecule has 0 aliphatic rings. The van der Waals surface area contributed by atoms with E-state index in [1.54, 1.807) is 6.92 Å². The molecule has 3 aromatic rings. The Hall–Kier alpha value is -4.60. The zero-order valence-corrected chi connectivity index (χ0v) is 29.7. The van der Waals surface area contributed by atoms with Crippen LogP contribution in [-0.2, 0) is 19.1 Å². The SMILES string of the molecule is CCCC(=O)OCCCCCCCCCOc1ccc(N=Nc2ccc(N=Nc3ccc(N(CC)CCOC(=O)CC)cc3C)cc2)cc1. The fraction of sp³-hybridized carbons (Fsp3) is 0.487. The maximum atomic E-state index is 11.4. The monoisotopic (exact) mass is 671 g/mol. The molecule has 0 atom stereocenters. The molecule has 3 rings (SSSR count). The van der Waals surface area contributed by atoms with Gasteiger partial charge in [-0.05, 0) is 105 Å². The first-order valence-corrected chi connectivity index (χ1v) is 17.7. The minimum Gasteiger partial charge on any atom is -0.494 e. The Bertz CT molecular complexity index is 1460. The summed E-state index contributed by atoms with van der Waals surface area (Å²) in [6, 6.07) is 21.1. The second kappa shape index (κ2) is 22.9. The van der Waals surface area contributed by atoms with Gasteiger partial charge in [0.05, 0.1) is 42.5 Å². The molecule has 3 aromatic carbocycles. The van der Waals surface area contributed by atoms with E-state index in [4.69, 9.17) is 14.2 Å². The molecule has 0 unspecified atom stereocenters. The smallest absolute Gasteiger partial charge is 0.305 e. The summed E-state index contributed by atoms with van der Waals surface area (Å²) in [5.41, 5.74) is 5.05. The molecule has 49 heavy (non-hydrogen) atoms. The number of carbonyl (C=O) groups excluding carboxylic acids is 2. The average molecular weight is 672 g/mol. The van der Waals surface area contributed by atoms with E-state index < -0.39 is 0 Å². The van der Waals surface area contributed by atoms with Crippen LogP contribution < -0.4 is 9.64 Å². The number of benzene rings is 3. The fourth-order valence-corrected chi connectivity index (χ4v) is 4.95. The maximum Gasteiger partial charge on any atom is 0.305 e. The molecule has 0 aliphatic carbocycles. The number of anilines is 1. The summed E-state index contributed by atoms with van der Waals surface area (Å²) >= 11 is 0. The third-order valence-corrected chi connectivity index (χ3v) is 7.86. The van der Waals surface area contributed by atoms with E-state index in [-0.39, 0.29) is 11.9 Å². The van der Waals surface area contributed by atoms with E-state index in [0.717, 1.165) is 78.4 Å². The largest absolute Gasteiger partial charge is 0.494 e. The number of esters is 2.